The fourth-order valence-electron chi connectivity index (χ4n) is 3.54. The maximum absolute atomic E-state index is 13.3. The lowest BCUT2D eigenvalue weighted by atomic mass is 10.1. The van der Waals surface area contributed by atoms with Crippen molar-refractivity contribution in [3.63, 3.8) is 0 Å². The van der Waals surface area contributed by atoms with E-state index in [2.05, 4.69) is 25.4 Å². The molecule has 3 aromatic heterocycles. The number of rotatable bonds is 5. The molecule has 5 rings (SSSR count). The van der Waals surface area contributed by atoms with Gasteiger partial charge in [-0.2, -0.15) is 5.10 Å². The molecule has 1 amide bonds. The van der Waals surface area contributed by atoms with Crippen molar-refractivity contribution < 1.29 is 4.79 Å². The van der Waals surface area contributed by atoms with E-state index >= 15 is 0 Å². The van der Waals surface area contributed by atoms with E-state index in [1.54, 1.807) is 29.5 Å². The number of aryl methyl sites for hydroxylation is 1. The molecule has 0 aliphatic heterocycles. The number of carbonyl (C=O) groups is 1. The molecule has 0 bridgehead atoms. The van der Waals surface area contributed by atoms with Gasteiger partial charge in [0.15, 0.2) is 0 Å². The summed E-state index contributed by atoms with van der Waals surface area (Å²) in [6.45, 7) is 1.85. The van der Waals surface area contributed by atoms with Crippen LogP contribution in [-0.4, -0.2) is 30.6 Å². The number of hydrogen-bond donors (Lipinski definition) is 1. The normalized spacial score (nSPS) is 10.7. The Hall–Kier alpha value is -4.65. The number of carbonyl (C=O) groups excluding carboxylic acids is 1. The molecule has 0 aliphatic rings. The highest BCUT2D eigenvalue weighted by Crippen LogP contribution is 2.25. The van der Waals surface area contributed by atoms with E-state index in [0.29, 0.717) is 22.8 Å². The van der Waals surface area contributed by atoms with Crippen LogP contribution in [0, 0.1) is 6.92 Å². The SMILES string of the molecule is Cc1nccc(-c2cccc(NC(=O)c3cn(-c4ccccc4)nc3-c3cccnc3)c2)n1. The van der Waals surface area contributed by atoms with E-state index in [9.17, 15) is 4.79 Å². The zero-order chi connectivity index (χ0) is 22.6. The van der Waals surface area contributed by atoms with Gasteiger partial charge in [0.1, 0.15) is 11.5 Å². The van der Waals surface area contributed by atoms with Gasteiger partial charge in [0.2, 0.25) is 0 Å². The molecule has 0 atom stereocenters. The fraction of sp³-hybridized carbons (Fsp3) is 0.0385. The zero-order valence-electron chi connectivity index (χ0n) is 17.9. The molecule has 3 heterocycles. The average molecular weight is 432 g/mol. The second-order valence-corrected chi connectivity index (χ2v) is 7.44. The quantitative estimate of drug-likeness (QED) is 0.425. The number of para-hydroxylation sites is 1. The number of amides is 1. The average Bonchev–Trinajstić information content (AvgIpc) is 3.31. The van der Waals surface area contributed by atoms with Gasteiger partial charge in [-0.25, -0.2) is 14.6 Å². The number of nitrogens with one attached hydrogen (secondary N) is 1. The molecule has 0 unspecified atom stereocenters. The molecule has 7 heteroatoms. The smallest absolute Gasteiger partial charge is 0.259 e. The summed E-state index contributed by atoms with van der Waals surface area (Å²) in [6, 6.07) is 22.8. The molecule has 0 spiro atoms. The third kappa shape index (κ3) is 4.38. The molecule has 1 N–H and O–H groups in total. The van der Waals surface area contributed by atoms with Crippen LogP contribution in [0.3, 0.4) is 0 Å². The van der Waals surface area contributed by atoms with Crippen molar-refractivity contribution >= 4 is 11.6 Å². The highest BCUT2D eigenvalue weighted by molar-refractivity contribution is 6.08. The lowest BCUT2D eigenvalue weighted by Gasteiger charge is -2.08. The number of anilines is 1. The van der Waals surface area contributed by atoms with Crippen molar-refractivity contribution in [2.75, 3.05) is 5.32 Å². The molecule has 0 saturated heterocycles. The highest BCUT2D eigenvalue weighted by atomic mass is 16.1. The Morgan fingerprint density at radius 3 is 2.55 bits per heavy atom. The van der Waals surface area contributed by atoms with Crippen LogP contribution in [0.15, 0.2) is 97.6 Å². The Morgan fingerprint density at radius 1 is 0.909 bits per heavy atom. The summed E-state index contributed by atoms with van der Waals surface area (Å²) >= 11 is 0. The standard InChI is InChI=1S/C26H20N6O/c1-18-28-14-12-24(29-18)19-7-5-9-21(15-19)30-26(33)23-17-32(22-10-3-2-4-11-22)31-25(23)20-8-6-13-27-16-20/h2-17H,1H3,(H,30,33). The Kier molecular flexibility index (Phi) is 5.43. The lowest BCUT2D eigenvalue weighted by Crippen LogP contribution is -2.12. The number of nitrogens with zero attached hydrogens (tertiary/aromatic N) is 5. The fourth-order valence-corrected chi connectivity index (χ4v) is 3.54. The van der Waals surface area contributed by atoms with Crippen LogP contribution in [0.4, 0.5) is 5.69 Å². The van der Waals surface area contributed by atoms with Gasteiger partial charge in [0.25, 0.3) is 5.91 Å². The summed E-state index contributed by atoms with van der Waals surface area (Å²) in [6.07, 6.45) is 6.86. The molecule has 0 saturated carbocycles. The third-order valence-corrected chi connectivity index (χ3v) is 5.11. The molecular formula is C26H20N6O. The van der Waals surface area contributed by atoms with Gasteiger partial charge in [-0.15, -0.1) is 0 Å². The summed E-state index contributed by atoms with van der Waals surface area (Å²) in [5, 5.41) is 7.69. The second-order valence-electron chi connectivity index (χ2n) is 7.44. The molecule has 0 radical (unpaired) electrons. The summed E-state index contributed by atoms with van der Waals surface area (Å²) in [4.78, 5) is 26.1. The first-order valence-corrected chi connectivity index (χ1v) is 10.4. The Labute approximate surface area is 190 Å². The molecule has 0 aliphatic carbocycles. The monoisotopic (exact) mass is 432 g/mol. The van der Waals surface area contributed by atoms with E-state index in [1.807, 2.05) is 79.7 Å². The van der Waals surface area contributed by atoms with E-state index in [1.165, 1.54) is 0 Å². The molecule has 7 nitrogen and oxygen atoms in total. The van der Waals surface area contributed by atoms with Crippen LogP contribution < -0.4 is 5.32 Å². The van der Waals surface area contributed by atoms with Gasteiger partial charge in [0, 0.05) is 41.6 Å². The van der Waals surface area contributed by atoms with Gasteiger partial charge < -0.3 is 5.32 Å². The minimum atomic E-state index is -0.257. The van der Waals surface area contributed by atoms with Gasteiger partial charge in [-0.3, -0.25) is 9.78 Å². The van der Waals surface area contributed by atoms with E-state index in [-0.39, 0.29) is 5.91 Å². The van der Waals surface area contributed by atoms with Crippen molar-refractivity contribution in [3.05, 3.63) is 109 Å². The van der Waals surface area contributed by atoms with Crippen LogP contribution in [-0.2, 0) is 0 Å². The predicted octanol–water partition coefficient (Wildman–Crippen LogP) is 4.95. The Balaban J connectivity index is 1.50. The summed E-state index contributed by atoms with van der Waals surface area (Å²) < 4.78 is 1.71. The Bertz CT molecular complexity index is 1410. The molecule has 2 aromatic carbocycles. The van der Waals surface area contributed by atoms with E-state index in [0.717, 1.165) is 22.5 Å². The maximum Gasteiger partial charge on any atom is 0.259 e. The van der Waals surface area contributed by atoms with Crippen LogP contribution in [0.2, 0.25) is 0 Å². The Morgan fingerprint density at radius 2 is 1.76 bits per heavy atom. The molecule has 160 valence electrons. The zero-order valence-corrected chi connectivity index (χ0v) is 17.9. The van der Waals surface area contributed by atoms with Gasteiger partial charge in [-0.05, 0) is 49.4 Å². The lowest BCUT2D eigenvalue weighted by molar-refractivity contribution is 0.102. The summed E-state index contributed by atoms with van der Waals surface area (Å²) in [5.74, 6) is 0.434. The van der Waals surface area contributed by atoms with Crippen molar-refractivity contribution in [1.29, 1.82) is 0 Å². The summed E-state index contributed by atoms with van der Waals surface area (Å²) in [7, 11) is 0. The number of aromatic nitrogens is 5. The topological polar surface area (TPSA) is 85.6 Å². The van der Waals surface area contributed by atoms with Crippen molar-refractivity contribution in [3.8, 4) is 28.2 Å². The first kappa shape index (κ1) is 20.3. The minimum Gasteiger partial charge on any atom is -0.322 e. The van der Waals surface area contributed by atoms with Crippen LogP contribution >= 0.6 is 0 Å². The number of benzene rings is 2. The summed E-state index contributed by atoms with van der Waals surface area (Å²) in [5.41, 5.74) is 5.00. The second kappa shape index (κ2) is 8.84. The molecule has 5 aromatic rings. The minimum absolute atomic E-state index is 0.257. The third-order valence-electron chi connectivity index (χ3n) is 5.11. The van der Waals surface area contributed by atoms with Gasteiger partial charge >= 0.3 is 0 Å². The van der Waals surface area contributed by atoms with Crippen LogP contribution in [0.25, 0.3) is 28.2 Å². The number of hydrogen-bond acceptors (Lipinski definition) is 5. The van der Waals surface area contributed by atoms with Crippen molar-refractivity contribution in [1.82, 2.24) is 24.7 Å². The first-order valence-electron chi connectivity index (χ1n) is 10.4. The highest BCUT2D eigenvalue weighted by Gasteiger charge is 2.19. The van der Waals surface area contributed by atoms with Gasteiger partial charge in [0.05, 0.1) is 16.9 Å². The largest absolute Gasteiger partial charge is 0.322 e. The van der Waals surface area contributed by atoms with Crippen molar-refractivity contribution in [2.24, 2.45) is 0 Å². The van der Waals surface area contributed by atoms with Crippen LogP contribution in [0.5, 0.6) is 0 Å². The molecular weight excluding hydrogens is 412 g/mol. The molecule has 0 fully saturated rings. The predicted molar refractivity (Wildman–Crippen MR) is 127 cm³/mol. The van der Waals surface area contributed by atoms with E-state index < -0.39 is 0 Å². The number of pyridine rings is 1. The van der Waals surface area contributed by atoms with Gasteiger partial charge in [-0.1, -0.05) is 30.3 Å². The van der Waals surface area contributed by atoms with Crippen molar-refractivity contribution in [2.45, 2.75) is 6.92 Å². The molecule has 33 heavy (non-hydrogen) atoms. The van der Waals surface area contributed by atoms with Crippen LogP contribution in [0.1, 0.15) is 16.2 Å². The first-order chi connectivity index (χ1) is 16.2. The van der Waals surface area contributed by atoms with E-state index in [4.69, 9.17) is 0 Å². The maximum atomic E-state index is 13.3.